The molecule has 522 valence electrons. The van der Waals surface area contributed by atoms with Gasteiger partial charge < -0.3 is 20.3 Å². The van der Waals surface area contributed by atoms with Gasteiger partial charge in [0.25, 0.3) is 0 Å². The topological polar surface area (TPSA) is 95.9 Å². The normalized spacial score (nSPS) is 12.5. The molecule has 0 aromatic heterocycles. The predicted molar refractivity (Wildman–Crippen MR) is 389 cm³/mol. The number of unbranched alkanes of at least 4 members (excludes halogenated alkanes) is 62. The van der Waals surface area contributed by atoms with Gasteiger partial charge >= 0.3 is 5.97 Å². The van der Waals surface area contributed by atoms with Crippen LogP contribution in [-0.2, 0) is 14.3 Å². The van der Waals surface area contributed by atoms with Crippen LogP contribution in [0.2, 0.25) is 0 Å². The first-order chi connectivity index (χ1) is 43.5. The monoisotopic (exact) mass is 1240 g/mol. The molecule has 0 aromatic carbocycles. The zero-order valence-corrected chi connectivity index (χ0v) is 60.0. The van der Waals surface area contributed by atoms with Crippen molar-refractivity contribution in [2.45, 2.75) is 475 Å². The third-order valence-electron chi connectivity index (χ3n) is 19.2. The fraction of sp³-hybridized carbons (Fsp3) is 0.927. The molecule has 0 heterocycles. The van der Waals surface area contributed by atoms with Gasteiger partial charge in [-0.05, 0) is 77.0 Å². The lowest BCUT2D eigenvalue weighted by Crippen LogP contribution is -2.45. The number of esters is 1. The molecule has 0 saturated heterocycles. The Morgan fingerprint density at radius 1 is 0.307 bits per heavy atom. The van der Waals surface area contributed by atoms with E-state index in [4.69, 9.17) is 4.74 Å². The lowest BCUT2D eigenvalue weighted by molar-refractivity contribution is -0.143. The zero-order chi connectivity index (χ0) is 63.5. The van der Waals surface area contributed by atoms with Crippen molar-refractivity contribution in [2.75, 3.05) is 13.2 Å². The highest BCUT2D eigenvalue weighted by atomic mass is 16.5. The maximum Gasteiger partial charge on any atom is 0.305 e. The van der Waals surface area contributed by atoms with Crippen molar-refractivity contribution in [3.63, 3.8) is 0 Å². The fourth-order valence-corrected chi connectivity index (χ4v) is 13.0. The Morgan fingerprint density at radius 2 is 0.534 bits per heavy atom. The minimum Gasteiger partial charge on any atom is -0.466 e. The average molecular weight is 1240 g/mol. The summed E-state index contributed by atoms with van der Waals surface area (Å²) >= 11 is 0. The van der Waals surface area contributed by atoms with Crippen LogP contribution in [0.3, 0.4) is 0 Å². The maximum absolute atomic E-state index is 12.5. The minimum atomic E-state index is -0.661. The second-order valence-corrected chi connectivity index (χ2v) is 28.1. The van der Waals surface area contributed by atoms with E-state index >= 15 is 0 Å². The predicted octanol–water partition coefficient (Wildman–Crippen LogP) is 26.8. The summed E-state index contributed by atoms with van der Waals surface area (Å²) in [7, 11) is 0. The molecule has 0 aliphatic rings. The second kappa shape index (κ2) is 77.8. The van der Waals surface area contributed by atoms with Crippen molar-refractivity contribution in [1.29, 1.82) is 0 Å². The van der Waals surface area contributed by atoms with E-state index in [1.54, 1.807) is 0 Å². The van der Waals surface area contributed by atoms with Crippen LogP contribution in [-0.4, -0.2) is 47.4 Å². The Balaban J connectivity index is 3.32. The molecule has 1 amide bonds. The van der Waals surface area contributed by atoms with E-state index in [-0.39, 0.29) is 18.5 Å². The average Bonchev–Trinajstić information content (AvgIpc) is 3.58. The maximum atomic E-state index is 12.5. The van der Waals surface area contributed by atoms with Crippen LogP contribution >= 0.6 is 0 Å². The van der Waals surface area contributed by atoms with Crippen LogP contribution in [0.25, 0.3) is 0 Å². The molecule has 6 heteroatoms. The van der Waals surface area contributed by atoms with Gasteiger partial charge in [0.1, 0.15) is 0 Å². The second-order valence-electron chi connectivity index (χ2n) is 28.1. The Kier molecular flexibility index (Phi) is 76.3. The quantitative estimate of drug-likeness (QED) is 0.0320. The fourth-order valence-electron chi connectivity index (χ4n) is 13.0. The first-order valence-electron chi connectivity index (χ1n) is 40.6. The third-order valence-corrected chi connectivity index (χ3v) is 19.2. The van der Waals surface area contributed by atoms with Gasteiger partial charge in [0, 0.05) is 12.8 Å². The molecule has 0 rings (SSSR count). The molecule has 0 aliphatic heterocycles. The van der Waals surface area contributed by atoms with Crippen molar-refractivity contribution in [3.8, 4) is 0 Å². The number of ether oxygens (including phenoxy) is 1. The molecule has 2 atom stereocenters. The molecule has 0 fully saturated rings. The molecule has 0 bridgehead atoms. The summed E-state index contributed by atoms with van der Waals surface area (Å²) in [5.41, 5.74) is 0. The van der Waals surface area contributed by atoms with Crippen LogP contribution in [0.4, 0.5) is 0 Å². The van der Waals surface area contributed by atoms with Crippen LogP contribution in [0.1, 0.15) is 463 Å². The first kappa shape index (κ1) is 86.3. The molecule has 0 radical (unpaired) electrons. The van der Waals surface area contributed by atoms with E-state index in [2.05, 4.69) is 43.5 Å². The number of allylic oxidation sites excluding steroid dienone is 4. The van der Waals surface area contributed by atoms with E-state index in [1.165, 1.54) is 392 Å². The largest absolute Gasteiger partial charge is 0.466 e. The lowest BCUT2D eigenvalue weighted by Gasteiger charge is -2.22. The van der Waals surface area contributed by atoms with Crippen LogP contribution in [0, 0.1) is 0 Å². The molecule has 0 saturated carbocycles. The van der Waals surface area contributed by atoms with Gasteiger partial charge in [0.2, 0.25) is 5.91 Å². The van der Waals surface area contributed by atoms with Crippen LogP contribution in [0.5, 0.6) is 0 Å². The molecule has 0 aliphatic carbocycles. The number of aliphatic hydroxyl groups is 2. The Bertz CT molecular complexity index is 1380. The van der Waals surface area contributed by atoms with Crippen LogP contribution < -0.4 is 5.32 Å². The van der Waals surface area contributed by atoms with E-state index in [0.29, 0.717) is 25.9 Å². The highest BCUT2D eigenvalue weighted by Gasteiger charge is 2.20. The summed E-state index contributed by atoms with van der Waals surface area (Å²) in [5, 5.41) is 23.4. The van der Waals surface area contributed by atoms with Crippen molar-refractivity contribution >= 4 is 11.9 Å². The lowest BCUT2D eigenvalue weighted by atomic mass is 10.0. The van der Waals surface area contributed by atoms with Crippen molar-refractivity contribution in [2.24, 2.45) is 0 Å². The molecule has 3 N–H and O–H groups in total. The van der Waals surface area contributed by atoms with Gasteiger partial charge in [-0.25, -0.2) is 0 Å². The van der Waals surface area contributed by atoms with E-state index < -0.39 is 12.1 Å². The van der Waals surface area contributed by atoms with E-state index in [9.17, 15) is 19.8 Å². The minimum absolute atomic E-state index is 0.0191. The summed E-state index contributed by atoms with van der Waals surface area (Å²) in [6, 6.07) is -0.538. The molecular formula is C82H159NO5. The van der Waals surface area contributed by atoms with Gasteiger partial charge in [-0.1, -0.05) is 398 Å². The Labute approximate surface area is 551 Å². The summed E-state index contributed by atoms with van der Waals surface area (Å²) in [6.07, 6.45) is 100.0. The van der Waals surface area contributed by atoms with Crippen molar-refractivity contribution < 1.29 is 24.5 Å². The number of hydrogen-bond donors (Lipinski definition) is 3. The summed E-state index contributed by atoms with van der Waals surface area (Å²) in [4.78, 5) is 24.7. The van der Waals surface area contributed by atoms with Gasteiger partial charge in [-0.15, -0.1) is 0 Å². The molecule has 0 spiro atoms. The highest BCUT2D eigenvalue weighted by molar-refractivity contribution is 5.76. The SMILES string of the molecule is CCCCCCCC/C=C\CCCCCCCCCC(=O)OCCCCCCCCCCCCCCCCCC/C=C\CCCCCCCCCCCCCCCCCCCC(=O)NC(CO)C(O)CCCCCCCCCCCCCCCCCCC. The number of carbonyl (C=O) groups is 2. The van der Waals surface area contributed by atoms with E-state index in [0.717, 1.165) is 38.5 Å². The van der Waals surface area contributed by atoms with E-state index in [1.807, 2.05) is 0 Å². The summed E-state index contributed by atoms with van der Waals surface area (Å²) < 4.78 is 5.51. The molecule has 0 aromatic rings. The first-order valence-corrected chi connectivity index (χ1v) is 40.6. The standard InChI is InChI=1S/C82H159NO5/c1-3-5-7-9-11-13-15-17-19-42-46-50-54-58-62-66-70-74-80(85)79(78-84)83-81(86)75-71-67-63-59-55-51-47-44-40-38-36-34-32-30-28-26-24-22-21-23-25-27-29-31-33-35-37-39-41-45-49-53-57-61-65-69-73-77-88-82(87)76-72-68-64-60-56-52-48-43-20-18-16-14-12-10-8-6-4-2/h18,20-21,23,79-80,84-85H,3-17,19,22,24-78H2,1-2H3,(H,83,86)/b20-18-,23-21-. The summed E-state index contributed by atoms with van der Waals surface area (Å²) in [6.45, 7) is 5.00. The van der Waals surface area contributed by atoms with Crippen molar-refractivity contribution in [1.82, 2.24) is 5.32 Å². The van der Waals surface area contributed by atoms with Crippen molar-refractivity contribution in [3.05, 3.63) is 24.3 Å². The number of carbonyl (C=O) groups excluding carboxylic acids is 2. The Morgan fingerprint density at radius 3 is 0.807 bits per heavy atom. The Hall–Kier alpha value is -1.66. The molecule has 2 unspecified atom stereocenters. The van der Waals surface area contributed by atoms with Gasteiger partial charge in [0.15, 0.2) is 0 Å². The van der Waals surface area contributed by atoms with Gasteiger partial charge in [0.05, 0.1) is 25.4 Å². The number of hydrogen-bond acceptors (Lipinski definition) is 5. The van der Waals surface area contributed by atoms with Gasteiger partial charge in [-0.2, -0.15) is 0 Å². The molecular weight excluding hydrogens is 1080 g/mol. The molecule has 6 nitrogen and oxygen atoms in total. The zero-order valence-electron chi connectivity index (χ0n) is 60.0. The van der Waals surface area contributed by atoms with Gasteiger partial charge in [-0.3, -0.25) is 9.59 Å². The number of nitrogens with one attached hydrogen (secondary N) is 1. The highest BCUT2D eigenvalue weighted by Crippen LogP contribution is 2.20. The molecule has 88 heavy (non-hydrogen) atoms. The third kappa shape index (κ3) is 73.4. The number of amides is 1. The smallest absolute Gasteiger partial charge is 0.305 e. The summed E-state index contributed by atoms with van der Waals surface area (Å²) in [5.74, 6) is -0.00749. The number of aliphatic hydroxyl groups excluding tert-OH is 2. The van der Waals surface area contributed by atoms with Crippen LogP contribution in [0.15, 0.2) is 24.3 Å². The number of rotatable bonds is 77.